The van der Waals surface area contributed by atoms with Crippen LogP contribution in [0, 0.1) is 0 Å². The Labute approximate surface area is 85.2 Å². The van der Waals surface area contributed by atoms with E-state index in [9.17, 15) is 8.42 Å². The Balaban J connectivity index is 1.98. The van der Waals surface area contributed by atoms with Crippen LogP contribution < -0.4 is 5.32 Å². The van der Waals surface area contributed by atoms with Crippen molar-refractivity contribution in [3.05, 3.63) is 0 Å². The van der Waals surface area contributed by atoms with Crippen LogP contribution in [-0.4, -0.2) is 56.3 Å². The van der Waals surface area contributed by atoms with Crippen LogP contribution in [0.15, 0.2) is 0 Å². The third kappa shape index (κ3) is 1.79. The first-order chi connectivity index (χ1) is 6.60. The maximum absolute atomic E-state index is 11.7. The summed E-state index contributed by atoms with van der Waals surface area (Å²) in [4.78, 5) is 0. The molecule has 2 heterocycles. The second-order valence-corrected chi connectivity index (χ2v) is 6.02. The normalized spacial score (nSPS) is 33.9. The Morgan fingerprint density at radius 1 is 1.43 bits per heavy atom. The third-order valence-corrected chi connectivity index (χ3v) is 4.93. The molecule has 0 saturated carbocycles. The molecule has 0 radical (unpaired) electrons. The van der Waals surface area contributed by atoms with Gasteiger partial charge in [-0.2, -0.15) is 17.0 Å². The van der Waals surface area contributed by atoms with Crippen molar-refractivity contribution in [1.82, 2.24) is 13.9 Å². The van der Waals surface area contributed by atoms with Gasteiger partial charge in [0.15, 0.2) is 0 Å². The second-order valence-electron chi connectivity index (χ2n) is 3.98. The molecule has 2 rings (SSSR count). The van der Waals surface area contributed by atoms with Crippen LogP contribution in [0.1, 0.15) is 12.8 Å². The van der Waals surface area contributed by atoms with Gasteiger partial charge in [0.25, 0.3) is 10.2 Å². The lowest BCUT2D eigenvalue weighted by Gasteiger charge is -2.19. The van der Waals surface area contributed by atoms with Crippen LogP contribution >= 0.6 is 0 Å². The van der Waals surface area contributed by atoms with E-state index in [2.05, 4.69) is 5.32 Å². The largest absolute Gasteiger partial charge is 0.313 e. The van der Waals surface area contributed by atoms with Crippen molar-refractivity contribution < 1.29 is 8.42 Å². The lowest BCUT2D eigenvalue weighted by Crippen LogP contribution is -2.40. The van der Waals surface area contributed by atoms with Gasteiger partial charge in [-0.3, -0.25) is 0 Å². The van der Waals surface area contributed by atoms with Gasteiger partial charge < -0.3 is 5.32 Å². The lowest BCUT2D eigenvalue weighted by molar-refractivity contribution is 0.398. The van der Waals surface area contributed by atoms with E-state index >= 15 is 0 Å². The highest BCUT2D eigenvalue weighted by Gasteiger charge is 2.35. The summed E-state index contributed by atoms with van der Waals surface area (Å²) in [6, 6.07) is 0.358. The van der Waals surface area contributed by atoms with Crippen molar-refractivity contribution in [2.24, 2.45) is 0 Å². The van der Waals surface area contributed by atoms with Crippen LogP contribution in [0.5, 0.6) is 0 Å². The molecular formula is C8H17N3O2S. The molecule has 1 unspecified atom stereocenters. The van der Waals surface area contributed by atoms with Crippen LogP contribution in [0.4, 0.5) is 0 Å². The molecule has 0 aromatic carbocycles. The van der Waals surface area contributed by atoms with Gasteiger partial charge in [0, 0.05) is 32.7 Å². The van der Waals surface area contributed by atoms with Crippen molar-refractivity contribution >= 4 is 10.2 Å². The highest BCUT2D eigenvalue weighted by molar-refractivity contribution is 7.87. The number of nitrogens with one attached hydrogen (secondary N) is 1. The molecule has 0 aromatic heterocycles. The molecule has 1 atom stereocenters. The van der Waals surface area contributed by atoms with Gasteiger partial charge in [-0.05, 0) is 19.4 Å². The molecule has 0 aliphatic carbocycles. The van der Waals surface area contributed by atoms with Crippen LogP contribution in [0.3, 0.4) is 0 Å². The molecule has 1 N–H and O–H groups in total. The molecule has 14 heavy (non-hydrogen) atoms. The van der Waals surface area contributed by atoms with Gasteiger partial charge in [-0.15, -0.1) is 0 Å². The number of hydrogen-bond donors (Lipinski definition) is 1. The summed E-state index contributed by atoms with van der Waals surface area (Å²) < 4.78 is 26.4. The number of rotatable bonds is 2. The third-order valence-electron chi connectivity index (χ3n) is 2.97. The van der Waals surface area contributed by atoms with E-state index in [-0.39, 0.29) is 0 Å². The molecule has 82 valence electrons. The second kappa shape index (κ2) is 3.77. The van der Waals surface area contributed by atoms with E-state index in [1.165, 1.54) is 4.31 Å². The summed E-state index contributed by atoms with van der Waals surface area (Å²) >= 11 is 0. The Morgan fingerprint density at radius 3 is 2.71 bits per heavy atom. The van der Waals surface area contributed by atoms with Crippen molar-refractivity contribution in [2.45, 2.75) is 18.9 Å². The van der Waals surface area contributed by atoms with E-state index in [1.54, 1.807) is 11.4 Å². The fourth-order valence-corrected chi connectivity index (χ4v) is 3.41. The molecule has 0 bridgehead atoms. The topological polar surface area (TPSA) is 52.6 Å². The fourth-order valence-electron chi connectivity index (χ4n) is 2.02. The van der Waals surface area contributed by atoms with Crippen LogP contribution in [0.2, 0.25) is 0 Å². The maximum atomic E-state index is 11.7. The van der Waals surface area contributed by atoms with E-state index in [0.29, 0.717) is 25.7 Å². The average molecular weight is 219 g/mol. The van der Waals surface area contributed by atoms with E-state index in [0.717, 1.165) is 19.4 Å². The van der Waals surface area contributed by atoms with Crippen molar-refractivity contribution in [2.75, 3.05) is 33.2 Å². The van der Waals surface area contributed by atoms with Crippen LogP contribution in [-0.2, 0) is 10.2 Å². The zero-order chi connectivity index (χ0) is 10.2. The summed E-state index contributed by atoms with van der Waals surface area (Å²) in [5.74, 6) is 0. The Morgan fingerprint density at radius 2 is 2.21 bits per heavy atom. The number of hydrogen-bond acceptors (Lipinski definition) is 3. The molecule has 0 spiro atoms. The average Bonchev–Trinajstić information content (AvgIpc) is 2.70. The molecule has 0 amide bonds. The van der Waals surface area contributed by atoms with Gasteiger partial charge in [0.05, 0.1) is 0 Å². The zero-order valence-corrected chi connectivity index (χ0v) is 9.26. The van der Waals surface area contributed by atoms with E-state index in [4.69, 9.17) is 0 Å². The molecular weight excluding hydrogens is 202 g/mol. The predicted octanol–water partition coefficient (Wildman–Crippen LogP) is -0.769. The minimum Gasteiger partial charge on any atom is -0.313 e. The first-order valence-electron chi connectivity index (χ1n) is 5.05. The van der Waals surface area contributed by atoms with Crippen LogP contribution in [0.25, 0.3) is 0 Å². The zero-order valence-electron chi connectivity index (χ0n) is 8.44. The molecule has 0 aromatic rings. The highest BCUT2D eigenvalue weighted by atomic mass is 32.2. The number of likely N-dealkylation sites (N-methyl/N-ethyl adjacent to an activating group) is 1. The van der Waals surface area contributed by atoms with E-state index < -0.39 is 10.2 Å². The minimum absolute atomic E-state index is 0.358. The summed E-state index contributed by atoms with van der Waals surface area (Å²) in [7, 11) is -1.49. The lowest BCUT2D eigenvalue weighted by atomic mass is 10.2. The Hall–Kier alpha value is -0.170. The van der Waals surface area contributed by atoms with Gasteiger partial charge in [-0.1, -0.05) is 0 Å². The molecule has 6 heteroatoms. The SMILES string of the molecule is CN1CCN(CC2CCCN2)S1(=O)=O. The Bertz CT molecular complexity index is 298. The van der Waals surface area contributed by atoms with Gasteiger partial charge in [-0.25, -0.2) is 0 Å². The fraction of sp³-hybridized carbons (Fsp3) is 1.00. The van der Waals surface area contributed by atoms with Crippen molar-refractivity contribution in [1.29, 1.82) is 0 Å². The number of nitrogens with zero attached hydrogens (tertiary/aromatic N) is 2. The summed E-state index contributed by atoms with van der Waals surface area (Å²) in [5, 5.41) is 3.31. The Kier molecular flexibility index (Phi) is 2.79. The van der Waals surface area contributed by atoms with Gasteiger partial charge in [0.2, 0.25) is 0 Å². The monoisotopic (exact) mass is 219 g/mol. The van der Waals surface area contributed by atoms with Gasteiger partial charge >= 0.3 is 0 Å². The molecule has 2 aliphatic rings. The molecule has 2 fully saturated rings. The summed E-state index contributed by atoms with van der Waals surface area (Å²) in [6.07, 6.45) is 2.25. The quantitative estimate of drug-likeness (QED) is 0.663. The molecule has 2 aliphatic heterocycles. The van der Waals surface area contributed by atoms with E-state index in [1.807, 2.05) is 0 Å². The predicted molar refractivity (Wildman–Crippen MR) is 54.1 cm³/mol. The standard InChI is InChI=1S/C8H17N3O2S/c1-10-5-6-11(14(10,12)13)7-8-3-2-4-9-8/h8-9H,2-7H2,1H3. The minimum atomic E-state index is -3.13. The smallest absolute Gasteiger partial charge is 0.281 e. The first kappa shape index (κ1) is 10.4. The van der Waals surface area contributed by atoms with Crippen molar-refractivity contribution in [3.63, 3.8) is 0 Å². The van der Waals surface area contributed by atoms with Gasteiger partial charge in [0.1, 0.15) is 0 Å². The summed E-state index contributed by atoms with van der Waals surface area (Å²) in [6.45, 7) is 2.91. The molecule has 2 saturated heterocycles. The first-order valence-corrected chi connectivity index (χ1v) is 6.45. The van der Waals surface area contributed by atoms with Crippen molar-refractivity contribution in [3.8, 4) is 0 Å². The summed E-state index contributed by atoms with van der Waals surface area (Å²) in [5.41, 5.74) is 0. The highest BCUT2D eigenvalue weighted by Crippen LogP contribution is 2.16. The maximum Gasteiger partial charge on any atom is 0.281 e. The molecule has 5 nitrogen and oxygen atoms in total.